The van der Waals surface area contributed by atoms with Crippen LogP contribution >= 0.6 is 15.9 Å². The van der Waals surface area contributed by atoms with Crippen LogP contribution in [0.25, 0.3) is 0 Å². The van der Waals surface area contributed by atoms with Crippen molar-refractivity contribution in [2.24, 2.45) is 11.3 Å². The number of hydrogen-bond donors (Lipinski definition) is 2. The molecule has 4 nitrogen and oxygen atoms in total. The highest BCUT2D eigenvalue weighted by atomic mass is 79.9. The molecular weight excluding hydrogens is 328 g/mol. The molecule has 1 aliphatic rings. The molecule has 0 aliphatic heterocycles. The van der Waals surface area contributed by atoms with Crippen molar-refractivity contribution in [2.75, 3.05) is 12.3 Å². The molecule has 1 aromatic rings. The molecule has 106 valence electrons. The van der Waals surface area contributed by atoms with E-state index in [4.69, 9.17) is 5.73 Å². The first-order chi connectivity index (χ1) is 8.77. The number of nitrogen functional groups attached to an aromatic ring is 1. The van der Waals surface area contributed by atoms with Crippen LogP contribution in [0.4, 0.5) is 5.69 Å². The number of anilines is 1. The Morgan fingerprint density at radius 3 is 2.58 bits per heavy atom. The molecular formula is C13H19BrN2O2S. The summed E-state index contributed by atoms with van der Waals surface area (Å²) >= 11 is 3.27. The number of sulfonamides is 1. The first-order valence-corrected chi connectivity index (χ1v) is 8.59. The van der Waals surface area contributed by atoms with Gasteiger partial charge in [0.25, 0.3) is 0 Å². The fourth-order valence-corrected chi connectivity index (χ4v) is 3.98. The molecule has 0 bridgehead atoms. The Hall–Kier alpha value is -0.590. The Morgan fingerprint density at radius 1 is 1.42 bits per heavy atom. The van der Waals surface area contributed by atoms with Gasteiger partial charge in [-0.3, -0.25) is 0 Å². The van der Waals surface area contributed by atoms with Gasteiger partial charge in [0.15, 0.2) is 0 Å². The average Bonchev–Trinajstić information content (AvgIpc) is 3.11. The van der Waals surface area contributed by atoms with E-state index in [0.717, 1.165) is 12.8 Å². The monoisotopic (exact) mass is 346 g/mol. The van der Waals surface area contributed by atoms with E-state index >= 15 is 0 Å². The van der Waals surface area contributed by atoms with E-state index in [1.54, 1.807) is 12.1 Å². The Balaban J connectivity index is 2.17. The lowest BCUT2D eigenvalue weighted by Gasteiger charge is -2.20. The molecule has 1 saturated carbocycles. The van der Waals surface area contributed by atoms with Gasteiger partial charge in [-0.25, -0.2) is 13.1 Å². The molecule has 0 unspecified atom stereocenters. The number of halogens is 1. The summed E-state index contributed by atoms with van der Waals surface area (Å²) in [5.74, 6) is 0.482. The third-order valence-corrected chi connectivity index (χ3v) is 5.95. The lowest BCUT2D eigenvalue weighted by Crippen LogP contribution is -2.33. The maximum absolute atomic E-state index is 12.3. The highest BCUT2D eigenvalue weighted by Crippen LogP contribution is 2.51. The summed E-state index contributed by atoms with van der Waals surface area (Å²) in [6.07, 6.45) is 2.17. The molecule has 2 rings (SSSR count). The summed E-state index contributed by atoms with van der Waals surface area (Å²) in [5, 5.41) is 0. The van der Waals surface area contributed by atoms with Gasteiger partial charge in [-0.05, 0) is 42.4 Å². The molecule has 0 amide bonds. The van der Waals surface area contributed by atoms with Crippen molar-refractivity contribution < 1.29 is 8.42 Å². The Bertz CT molecular complexity index is 580. The Kier molecular flexibility index (Phi) is 3.95. The van der Waals surface area contributed by atoms with Crippen LogP contribution in [0.2, 0.25) is 0 Å². The van der Waals surface area contributed by atoms with Gasteiger partial charge >= 0.3 is 0 Å². The third kappa shape index (κ3) is 3.12. The number of nitrogens with one attached hydrogen (secondary N) is 1. The quantitative estimate of drug-likeness (QED) is 0.805. The summed E-state index contributed by atoms with van der Waals surface area (Å²) in [4.78, 5) is 0.140. The van der Waals surface area contributed by atoms with Crippen LogP contribution < -0.4 is 10.5 Å². The van der Waals surface area contributed by atoms with E-state index in [2.05, 4.69) is 34.5 Å². The third-order valence-electron chi connectivity index (χ3n) is 4.00. The van der Waals surface area contributed by atoms with Crippen molar-refractivity contribution >= 4 is 31.6 Å². The maximum atomic E-state index is 12.3. The Labute approximate surface area is 122 Å². The second-order valence-electron chi connectivity index (χ2n) is 5.52. The zero-order valence-electron chi connectivity index (χ0n) is 11.1. The molecule has 0 saturated heterocycles. The average molecular weight is 347 g/mol. The normalized spacial score (nSPS) is 17.7. The zero-order chi connectivity index (χ0) is 14.3. The van der Waals surface area contributed by atoms with Crippen molar-refractivity contribution in [1.29, 1.82) is 0 Å². The number of nitrogens with two attached hydrogens (primary N) is 1. The Morgan fingerprint density at radius 2 is 2.05 bits per heavy atom. The predicted molar refractivity (Wildman–Crippen MR) is 80.2 cm³/mol. The van der Waals surface area contributed by atoms with Gasteiger partial charge in [0.1, 0.15) is 4.90 Å². The molecule has 0 heterocycles. The van der Waals surface area contributed by atoms with E-state index in [9.17, 15) is 8.42 Å². The second kappa shape index (κ2) is 5.07. The highest BCUT2D eigenvalue weighted by molar-refractivity contribution is 9.10. The molecule has 0 atom stereocenters. The first-order valence-electron chi connectivity index (χ1n) is 6.31. The molecule has 3 N–H and O–H groups in total. The molecule has 0 radical (unpaired) electrons. The number of rotatable bonds is 5. The van der Waals surface area contributed by atoms with Crippen molar-refractivity contribution in [1.82, 2.24) is 4.72 Å². The minimum Gasteiger partial charge on any atom is -0.398 e. The summed E-state index contributed by atoms with van der Waals surface area (Å²) in [7, 11) is -3.55. The van der Waals surface area contributed by atoms with Gasteiger partial charge in [0.05, 0.1) is 5.69 Å². The van der Waals surface area contributed by atoms with E-state index in [-0.39, 0.29) is 16.0 Å². The minimum atomic E-state index is -3.55. The largest absolute Gasteiger partial charge is 0.398 e. The van der Waals surface area contributed by atoms with E-state index in [0.29, 0.717) is 16.9 Å². The molecule has 1 aromatic carbocycles. The van der Waals surface area contributed by atoms with Gasteiger partial charge in [-0.2, -0.15) is 0 Å². The maximum Gasteiger partial charge on any atom is 0.242 e. The van der Waals surface area contributed by atoms with Crippen molar-refractivity contribution in [3.63, 3.8) is 0 Å². The fraction of sp³-hybridized carbons (Fsp3) is 0.538. The van der Waals surface area contributed by atoms with Gasteiger partial charge in [0.2, 0.25) is 10.0 Å². The van der Waals surface area contributed by atoms with Crippen LogP contribution in [0, 0.1) is 11.3 Å². The van der Waals surface area contributed by atoms with Crippen LogP contribution in [0.1, 0.15) is 26.7 Å². The molecule has 6 heteroatoms. The van der Waals surface area contributed by atoms with Crippen molar-refractivity contribution in [2.45, 2.75) is 31.6 Å². The molecule has 1 aliphatic carbocycles. The van der Waals surface area contributed by atoms with Crippen LogP contribution in [-0.4, -0.2) is 15.0 Å². The molecule has 0 aromatic heterocycles. The van der Waals surface area contributed by atoms with Gasteiger partial charge in [0, 0.05) is 11.0 Å². The minimum absolute atomic E-state index is 0.133. The SMILES string of the molecule is CC(C)C1(CNS(=O)(=O)c2cc(Br)ccc2N)CC1. The number of benzene rings is 1. The second-order valence-corrected chi connectivity index (χ2v) is 8.17. The predicted octanol–water partition coefficient (Wildman–Crippen LogP) is 2.75. The van der Waals surface area contributed by atoms with Crippen LogP contribution in [-0.2, 0) is 10.0 Å². The van der Waals surface area contributed by atoms with Crippen molar-refractivity contribution in [3.05, 3.63) is 22.7 Å². The standard InChI is InChI=1S/C13H19BrN2O2S/c1-9(2)13(5-6-13)8-16-19(17,18)12-7-10(14)3-4-11(12)15/h3-4,7,9,16H,5-6,8,15H2,1-2H3. The van der Waals surface area contributed by atoms with Crippen LogP contribution in [0.3, 0.4) is 0 Å². The van der Waals surface area contributed by atoms with E-state index in [1.807, 2.05) is 0 Å². The summed E-state index contributed by atoms with van der Waals surface area (Å²) in [6.45, 7) is 4.75. The van der Waals surface area contributed by atoms with E-state index in [1.165, 1.54) is 6.07 Å². The lowest BCUT2D eigenvalue weighted by atomic mass is 9.93. The highest BCUT2D eigenvalue weighted by Gasteiger charge is 2.45. The van der Waals surface area contributed by atoms with Gasteiger partial charge in [-0.15, -0.1) is 0 Å². The van der Waals surface area contributed by atoms with Gasteiger partial charge < -0.3 is 5.73 Å². The first kappa shape index (κ1) is 14.8. The van der Waals surface area contributed by atoms with Crippen molar-refractivity contribution in [3.8, 4) is 0 Å². The van der Waals surface area contributed by atoms with Gasteiger partial charge in [-0.1, -0.05) is 29.8 Å². The van der Waals surface area contributed by atoms with Crippen LogP contribution in [0.5, 0.6) is 0 Å². The summed E-state index contributed by atoms with van der Waals surface area (Å²) in [6, 6.07) is 4.85. The lowest BCUT2D eigenvalue weighted by molar-refractivity contribution is 0.357. The smallest absolute Gasteiger partial charge is 0.242 e. The summed E-state index contributed by atoms with van der Waals surface area (Å²) < 4.78 is 28.0. The van der Waals surface area contributed by atoms with E-state index < -0.39 is 10.0 Å². The topological polar surface area (TPSA) is 72.2 Å². The summed E-state index contributed by atoms with van der Waals surface area (Å²) in [5.41, 5.74) is 6.15. The number of hydrogen-bond acceptors (Lipinski definition) is 3. The fourth-order valence-electron chi connectivity index (χ4n) is 2.18. The molecule has 0 spiro atoms. The molecule has 19 heavy (non-hydrogen) atoms. The van der Waals surface area contributed by atoms with Crippen LogP contribution in [0.15, 0.2) is 27.6 Å². The molecule has 1 fully saturated rings. The zero-order valence-corrected chi connectivity index (χ0v) is 13.5.